The molecule has 31 heavy (non-hydrogen) atoms. The molecule has 2 aromatic rings. The Labute approximate surface area is 184 Å². The normalized spacial score (nSPS) is 19.1. The first kappa shape index (κ1) is 21.3. The summed E-state index contributed by atoms with van der Waals surface area (Å²) in [5, 5.41) is 3.11. The zero-order valence-corrected chi connectivity index (χ0v) is 18.0. The van der Waals surface area contributed by atoms with Gasteiger partial charge in [0.15, 0.2) is 0 Å². The summed E-state index contributed by atoms with van der Waals surface area (Å²) in [6.45, 7) is 2.60. The lowest BCUT2D eigenvalue weighted by atomic mass is 9.90. The predicted molar refractivity (Wildman–Crippen MR) is 118 cm³/mol. The molecule has 1 atom stereocenters. The van der Waals surface area contributed by atoms with Crippen LogP contribution in [0.25, 0.3) is 0 Å². The molecule has 4 rings (SSSR count). The summed E-state index contributed by atoms with van der Waals surface area (Å²) in [4.78, 5) is 31.0. The van der Waals surface area contributed by atoms with Crippen LogP contribution in [0, 0.1) is 11.3 Å². The van der Waals surface area contributed by atoms with Crippen molar-refractivity contribution in [2.45, 2.75) is 38.5 Å². The number of hydrogen-bond acceptors (Lipinski definition) is 4. The molecule has 0 unspecified atom stereocenters. The van der Waals surface area contributed by atoms with Gasteiger partial charge in [-0.15, -0.1) is 0 Å². The highest BCUT2D eigenvalue weighted by molar-refractivity contribution is 5.82. The number of aromatic nitrogens is 1. The van der Waals surface area contributed by atoms with E-state index in [0.29, 0.717) is 19.6 Å². The topological polar surface area (TPSA) is 71.5 Å². The van der Waals surface area contributed by atoms with Gasteiger partial charge in [-0.25, -0.2) is 0 Å². The van der Waals surface area contributed by atoms with Gasteiger partial charge in [0.2, 0.25) is 11.8 Å². The Hall–Kier alpha value is -2.89. The quantitative estimate of drug-likeness (QED) is 0.631. The Morgan fingerprint density at radius 2 is 1.84 bits per heavy atom. The number of carbonyl (C=O) groups is 2. The summed E-state index contributed by atoms with van der Waals surface area (Å²) in [6, 6.07) is 13.6. The fourth-order valence-electron chi connectivity index (χ4n) is 4.58. The molecule has 1 aromatic carbocycles. The van der Waals surface area contributed by atoms with E-state index in [1.54, 1.807) is 12.4 Å². The van der Waals surface area contributed by atoms with Crippen molar-refractivity contribution in [1.29, 1.82) is 0 Å². The Kier molecular flexibility index (Phi) is 6.85. The highest BCUT2D eigenvalue weighted by atomic mass is 16.5. The lowest BCUT2D eigenvalue weighted by molar-refractivity contribution is -0.133. The van der Waals surface area contributed by atoms with Gasteiger partial charge in [-0.2, -0.15) is 0 Å². The number of pyridine rings is 1. The Bertz CT molecular complexity index is 864. The fourth-order valence-corrected chi connectivity index (χ4v) is 4.58. The number of nitrogens with one attached hydrogen (secondary N) is 1. The molecule has 1 saturated heterocycles. The number of rotatable bonds is 9. The summed E-state index contributed by atoms with van der Waals surface area (Å²) in [5.41, 5.74) is 1.37. The average Bonchev–Trinajstić information content (AvgIpc) is 3.51. The maximum atomic E-state index is 12.6. The van der Waals surface area contributed by atoms with Crippen LogP contribution < -0.4 is 10.1 Å². The Morgan fingerprint density at radius 1 is 1.10 bits per heavy atom. The van der Waals surface area contributed by atoms with E-state index >= 15 is 0 Å². The van der Waals surface area contributed by atoms with E-state index < -0.39 is 0 Å². The number of aryl methyl sites for hydroxylation is 1. The van der Waals surface area contributed by atoms with E-state index in [0.717, 1.165) is 50.9 Å². The maximum absolute atomic E-state index is 12.6. The molecule has 2 fully saturated rings. The van der Waals surface area contributed by atoms with E-state index in [1.165, 1.54) is 5.56 Å². The molecule has 6 nitrogen and oxygen atoms in total. The first-order valence-electron chi connectivity index (χ1n) is 11.3. The zero-order valence-electron chi connectivity index (χ0n) is 18.0. The van der Waals surface area contributed by atoms with E-state index in [9.17, 15) is 9.59 Å². The molecule has 164 valence electrons. The van der Waals surface area contributed by atoms with Gasteiger partial charge in [0.25, 0.3) is 0 Å². The van der Waals surface area contributed by atoms with Gasteiger partial charge >= 0.3 is 0 Å². The van der Waals surface area contributed by atoms with Gasteiger partial charge in [0.05, 0.1) is 13.0 Å². The van der Waals surface area contributed by atoms with E-state index in [4.69, 9.17) is 4.74 Å². The van der Waals surface area contributed by atoms with Crippen molar-refractivity contribution < 1.29 is 14.3 Å². The first-order valence-corrected chi connectivity index (χ1v) is 11.3. The lowest BCUT2D eigenvalue weighted by Gasteiger charge is -2.33. The molecule has 1 aromatic heterocycles. The molecule has 1 saturated carbocycles. The third kappa shape index (κ3) is 5.63. The van der Waals surface area contributed by atoms with Crippen LogP contribution in [-0.2, 0) is 16.0 Å². The molecule has 1 N–H and O–H groups in total. The summed E-state index contributed by atoms with van der Waals surface area (Å²) >= 11 is 0. The van der Waals surface area contributed by atoms with Gasteiger partial charge in [0.1, 0.15) is 5.75 Å². The number of benzene rings is 1. The number of carbonyl (C=O) groups excluding carboxylic acids is 2. The van der Waals surface area contributed by atoms with Crippen molar-refractivity contribution in [3.05, 3.63) is 60.4 Å². The monoisotopic (exact) mass is 421 g/mol. The van der Waals surface area contributed by atoms with Crippen molar-refractivity contribution in [2.75, 3.05) is 26.2 Å². The maximum Gasteiger partial charge on any atom is 0.225 e. The minimum Gasteiger partial charge on any atom is -0.493 e. The van der Waals surface area contributed by atoms with Crippen LogP contribution in [0.2, 0.25) is 0 Å². The second kappa shape index (κ2) is 9.94. The van der Waals surface area contributed by atoms with Crippen molar-refractivity contribution in [3.63, 3.8) is 0 Å². The third-order valence-corrected chi connectivity index (χ3v) is 6.64. The van der Waals surface area contributed by atoms with E-state index in [-0.39, 0.29) is 23.1 Å². The van der Waals surface area contributed by atoms with Crippen molar-refractivity contribution in [3.8, 4) is 5.75 Å². The Morgan fingerprint density at radius 3 is 2.58 bits per heavy atom. The largest absolute Gasteiger partial charge is 0.493 e. The molecule has 0 radical (unpaired) electrons. The second-order valence-electron chi connectivity index (χ2n) is 8.66. The minimum absolute atomic E-state index is 0.118. The Balaban J connectivity index is 1.12. The molecule has 6 heteroatoms. The van der Waals surface area contributed by atoms with Crippen molar-refractivity contribution in [1.82, 2.24) is 15.2 Å². The molecule has 2 heterocycles. The van der Waals surface area contributed by atoms with Crippen LogP contribution in [0.1, 0.15) is 37.7 Å². The van der Waals surface area contributed by atoms with Gasteiger partial charge in [-0.1, -0.05) is 18.2 Å². The summed E-state index contributed by atoms with van der Waals surface area (Å²) in [7, 11) is 0. The van der Waals surface area contributed by atoms with Gasteiger partial charge in [0, 0.05) is 37.9 Å². The molecule has 0 bridgehead atoms. The minimum atomic E-state index is 0.118. The van der Waals surface area contributed by atoms with E-state index in [2.05, 4.69) is 10.3 Å². The van der Waals surface area contributed by atoms with E-state index in [1.807, 2.05) is 47.4 Å². The highest BCUT2D eigenvalue weighted by Gasteiger charge is 2.58. The fraction of sp³-hybridized carbons (Fsp3) is 0.480. The van der Waals surface area contributed by atoms with Gasteiger partial charge in [-0.05, 0) is 67.3 Å². The summed E-state index contributed by atoms with van der Waals surface area (Å²) in [6.07, 6.45) is 8.68. The summed E-state index contributed by atoms with van der Waals surface area (Å²) < 4.78 is 5.64. The van der Waals surface area contributed by atoms with Crippen LogP contribution in [-0.4, -0.2) is 47.9 Å². The predicted octanol–water partition coefficient (Wildman–Crippen LogP) is 3.23. The smallest absolute Gasteiger partial charge is 0.225 e. The molecule has 2 amide bonds. The first-order chi connectivity index (χ1) is 15.2. The number of para-hydroxylation sites is 1. The molecule has 1 aliphatic carbocycles. The van der Waals surface area contributed by atoms with Crippen LogP contribution >= 0.6 is 0 Å². The molecular weight excluding hydrogens is 390 g/mol. The zero-order chi connectivity index (χ0) is 21.5. The number of ether oxygens (including phenoxy) is 1. The lowest BCUT2D eigenvalue weighted by Crippen LogP contribution is -2.41. The van der Waals surface area contributed by atoms with Crippen LogP contribution in [0.4, 0.5) is 0 Å². The molecule has 2 aliphatic rings. The number of likely N-dealkylation sites (tertiary alicyclic amines) is 1. The second-order valence-corrected chi connectivity index (χ2v) is 8.66. The SMILES string of the molecule is O=C(NCCCc1ccncc1)[C@@H]1CC12CCN(C(=O)CCOc1ccccc1)CC2. The standard InChI is InChI=1S/C25H31N3O3/c29-23(10-18-31-21-6-2-1-3-7-21)28-16-11-25(12-17-28)19-22(25)24(30)27-13-4-5-20-8-14-26-15-9-20/h1-3,6-9,14-15,22H,4-5,10-13,16-19H2,(H,27,30)/t22-/m0/s1. The van der Waals surface area contributed by atoms with Crippen LogP contribution in [0.15, 0.2) is 54.9 Å². The highest BCUT2D eigenvalue weighted by Crippen LogP contribution is 2.59. The number of amides is 2. The molecule has 1 spiro atoms. The number of hydrogen-bond donors (Lipinski definition) is 1. The average molecular weight is 422 g/mol. The van der Waals surface area contributed by atoms with Crippen molar-refractivity contribution >= 4 is 11.8 Å². The van der Waals surface area contributed by atoms with Gasteiger partial charge < -0.3 is 15.0 Å². The van der Waals surface area contributed by atoms with Crippen LogP contribution in [0.3, 0.4) is 0 Å². The molecular formula is C25H31N3O3. The number of nitrogens with zero attached hydrogens (tertiary/aromatic N) is 2. The number of piperidine rings is 1. The van der Waals surface area contributed by atoms with Crippen LogP contribution in [0.5, 0.6) is 5.75 Å². The van der Waals surface area contributed by atoms with Crippen molar-refractivity contribution in [2.24, 2.45) is 11.3 Å². The molecule has 1 aliphatic heterocycles. The third-order valence-electron chi connectivity index (χ3n) is 6.64. The summed E-state index contributed by atoms with van der Waals surface area (Å²) in [5.74, 6) is 1.24. The van der Waals surface area contributed by atoms with Gasteiger partial charge in [-0.3, -0.25) is 14.6 Å².